The normalized spacial score (nSPS) is 15.5. The molecule has 0 bridgehead atoms. The summed E-state index contributed by atoms with van der Waals surface area (Å²) in [5.74, 6) is 0.530. The average Bonchev–Trinajstić information content (AvgIpc) is 3.16. The van der Waals surface area contributed by atoms with E-state index in [1.807, 2.05) is 27.7 Å². The number of anilines is 1. The molecule has 1 amide bonds. The number of likely N-dealkylation sites (tertiary alicyclic amines) is 1. The summed E-state index contributed by atoms with van der Waals surface area (Å²) in [6.45, 7) is 10.1. The number of aromatic nitrogens is 2. The fourth-order valence-corrected chi connectivity index (χ4v) is 3.29. The predicted octanol–water partition coefficient (Wildman–Crippen LogP) is 4.70. The molecule has 0 unspecified atom stereocenters. The van der Waals surface area contributed by atoms with Crippen molar-refractivity contribution >= 4 is 29.1 Å². The Morgan fingerprint density at radius 1 is 1.24 bits per heavy atom. The summed E-state index contributed by atoms with van der Waals surface area (Å²) < 4.78 is 11.2. The second-order valence-corrected chi connectivity index (χ2v) is 8.99. The lowest BCUT2D eigenvalue weighted by Gasteiger charge is -2.28. The van der Waals surface area contributed by atoms with Crippen LogP contribution >= 0.6 is 11.6 Å². The molecule has 0 saturated carbocycles. The maximum Gasteiger partial charge on any atom is 0.410 e. The number of carbonyl (C=O) groups is 1. The van der Waals surface area contributed by atoms with Gasteiger partial charge in [-0.1, -0.05) is 11.6 Å². The van der Waals surface area contributed by atoms with Gasteiger partial charge in [0.2, 0.25) is 5.88 Å². The van der Waals surface area contributed by atoms with E-state index >= 15 is 0 Å². The van der Waals surface area contributed by atoms with Gasteiger partial charge in [0.1, 0.15) is 23.1 Å². The highest BCUT2D eigenvalue weighted by atomic mass is 35.5. The van der Waals surface area contributed by atoms with Crippen molar-refractivity contribution < 1.29 is 19.2 Å². The van der Waals surface area contributed by atoms with Crippen LogP contribution in [0.1, 0.15) is 45.0 Å². The van der Waals surface area contributed by atoms with Crippen LogP contribution in [-0.4, -0.2) is 50.7 Å². The first-order chi connectivity index (χ1) is 15.4. The van der Waals surface area contributed by atoms with Crippen molar-refractivity contribution in [2.75, 3.05) is 18.9 Å². The largest absolute Gasteiger partial charge is 0.475 e. The Balaban J connectivity index is 0.000000294. The number of aryl methyl sites for hydroxylation is 2. The number of nitrogens with zero attached hydrogens (tertiary/aromatic N) is 4. The van der Waals surface area contributed by atoms with Crippen LogP contribution in [0, 0.1) is 24.0 Å². The van der Waals surface area contributed by atoms with E-state index in [0.29, 0.717) is 30.4 Å². The molecule has 3 rings (SSSR count). The number of hydrogen-bond acceptors (Lipinski definition) is 8. The first kappa shape index (κ1) is 26.1. The van der Waals surface area contributed by atoms with Gasteiger partial charge in [0.25, 0.3) is 5.69 Å². The minimum absolute atomic E-state index is 0.00519. The minimum Gasteiger partial charge on any atom is -0.475 e. The van der Waals surface area contributed by atoms with Gasteiger partial charge in [-0.3, -0.25) is 10.1 Å². The van der Waals surface area contributed by atoms with Crippen molar-refractivity contribution in [1.29, 1.82) is 0 Å². The summed E-state index contributed by atoms with van der Waals surface area (Å²) in [5, 5.41) is 10.5. The molecule has 1 fully saturated rings. The number of nitrogen functional groups attached to an aromatic ring is 1. The van der Waals surface area contributed by atoms with Crippen LogP contribution in [0.2, 0.25) is 5.15 Å². The maximum atomic E-state index is 12.2. The van der Waals surface area contributed by atoms with E-state index in [0.717, 1.165) is 18.5 Å². The molecule has 33 heavy (non-hydrogen) atoms. The summed E-state index contributed by atoms with van der Waals surface area (Å²) in [6, 6.07) is 6.28. The Labute approximate surface area is 198 Å². The van der Waals surface area contributed by atoms with Gasteiger partial charge in [0.05, 0.1) is 22.3 Å². The second-order valence-electron chi connectivity index (χ2n) is 8.60. The van der Waals surface area contributed by atoms with E-state index < -0.39 is 10.5 Å². The molecule has 1 saturated heterocycles. The molecule has 10 nitrogen and oxygen atoms in total. The zero-order valence-corrected chi connectivity index (χ0v) is 20.3. The Hall–Kier alpha value is -3.14. The number of pyridine rings is 2. The molecule has 0 spiro atoms. The summed E-state index contributed by atoms with van der Waals surface area (Å²) in [4.78, 5) is 31.7. The third-order valence-electron chi connectivity index (χ3n) is 4.75. The highest BCUT2D eigenvalue weighted by Gasteiger charge is 2.32. The molecule has 2 N–H and O–H groups in total. The molecule has 11 heteroatoms. The van der Waals surface area contributed by atoms with Crippen LogP contribution in [-0.2, 0) is 4.74 Å². The third-order valence-corrected chi connectivity index (χ3v) is 4.96. The number of nitro groups is 1. The lowest BCUT2D eigenvalue weighted by Crippen LogP contribution is -2.42. The van der Waals surface area contributed by atoms with Gasteiger partial charge in [-0.2, -0.15) is 0 Å². The van der Waals surface area contributed by atoms with Crippen LogP contribution in [0.25, 0.3) is 0 Å². The van der Waals surface area contributed by atoms with E-state index in [4.69, 9.17) is 26.8 Å². The lowest BCUT2D eigenvalue weighted by molar-refractivity contribution is -0.385. The zero-order chi connectivity index (χ0) is 24.8. The van der Waals surface area contributed by atoms with Gasteiger partial charge < -0.3 is 20.1 Å². The van der Waals surface area contributed by atoms with Gasteiger partial charge in [-0.15, -0.1) is 0 Å². The van der Waals surface area contributed by atoms with E-state index in [9.17, 15) is 14.9 Å². The van der Waals surface area contributed by atoms with E-state index in [1.54, 1.807) is 24.0 Å². The highest BCUT2D eigenvalue weighted by Crippen LogP contribution is 2.22. The Morgan fingerprint density at radius 2 is 1.94 bits per heavy atom. The molecule has 2 aromatic rings. The van der Waals surface area contributed by atoms with Crippen LogP contribution in [0.5, 0.6) is 5.88 Å². The summed E-state index contributed by atoms with van der Waals surface area (Å²) in [6.07, 6.45) is 1.59. The van der Waals surface area contributed by atoms with Gasteiger partial charge in [0, 0.05) is 18.7 Å². The van der Waals surface area contributed by atoms with Crippen LogP contribution < -0.4 is 10.5 Å². The Kier molecular flexibility index (Phi) is 8.81. The van der Waals surface area contributed by atoms with Crippen molar-refractivity contribution in [3.63, 3.8) is 0 Å². The first-order valence-electron chi connectivity index (χ1n) is 10.5. The molecule has 180 valence electrons. The molecule has 0 aromatic carbocycles. The van der Waals surface area contributed by atoms with Crippen molar-refractivity contribution in [3.8, 4) is 5.88 Å². The Bertz CT molecular complexity index is 996. The zero-order valence-electron chi connectivity index (χ0n) is 19.5. The topological polar surface area (TPSA) is 134 Å². The minimum atomic E-state index is -0.487. The van der Waals surface area contributed by atoms with Crippen LogP contribution in [0.3, 0.4) is 0 Å². The fourth-order valence-electron chi connectivity index (χ4n) is 3.10. The van der Waals surface area contributed by atoms with E-state index in [2.05, 4.69) is 9.97 Å². The second kappa shape index (κ2) is 11.1. The SMILES string of the molecule is Cc1nc(Cl)ccc1[N+](=O)[O-].Cc1nc(OC[C@@H]2CCCN2C(=O)OC(C)(C)C)ccc1N. The molecule has 2 aromatic heterocycles. The monoisotopic (exact) mass is 479 g/mol. The highest BCUT2D eigenvalue weighted by molar-refractivity contribution is 6.29. The van der Waals surface area contributed by atoms with Gasteiger partial charge in [0.15, 0.2) is 0 Å². The van der Waals surface area contributed by atoms with Crippen molar-refractivity contribution in [2.24, 2.45) is 0 Å². The van der Waals surface area contributed by atoms with E-state index in [-0.39, 0.29) is 23.0 Å². The number of rotatable bonds is 4. The number of halogens is 1. The molecule has 0 radical (unpaired) electrons. The Morgan fingerprint density at radius 3 is 2.52 bits per heavy atom. The quantitative estimate of drug-likeness (QED) is 0.378. The number of carbonyl (C=O) groups excluding carboxylic acids is 1. The maximum absolute atomic E-state index is 12.2. The van der Waals surface area contributed by atoms with Crippen molar-refractivity contribution in [2.45, 2.75) is 59.1 Å². The smallest absolute Gasteiger partial charge is 0.410 e. The molecular formula is C22H30ClN5O5. The molecule has 3 heterocycles. The standard InChI is InChI=1S/C16H25N3O3.C6H5ClN2O2/c1-11-13(17)7-8-14(18-11)21-10-12-6-5-9-19(12)15(20)22-16(2,3)4;1-4-5(9(10)11)2-3-6(7)8-4/h7-8,12H,5-6,9-10,17H2,1-4H3;2-3H,1H3/t12-;/m0./s1. The van der Waals surface area contributed by atoms with Gasteiger partial charge >= 0.3 is 6.09 Å². The summed E-state index contributed by atoms with van der Waals surface area (Å²) >= 11 is 5.49. The molecule has 1 atom stereocenters. The fraction of sp³-hybridized carbons (Fsp3) is 0.500. The third kappa shape index (κ3) is 8.05. The lowest BCUT2D eigenvalue weighted by atomic mass is 10.2. The molecular weight excluding hydrogens is 450 g/mol. The van der Waals surface area contributed by atoms with Gasteiger partial charge in [-0.25, -0.2) is 14.8 Å². The number of nitrogens with two attached hydrogens (primary N) is 1. The van der Waals surface area contributed by atoms with Gasteiger partial charge in [-0.05, 0) is 59.6 Å². The van der Waals surface area contributed by atoms with Crippen LogP contribution in [0.15, 0.2) is 24.3 Å². The first-order valence-corrected chi connectivity index (χ1v) is 10.9. The molecule has 0 aliphatic carbocycles. The number of amides is 1. The number of ether oxygens (including phenoxy) is 2. The summed E-state index contributed by atoms with van der Waals surface area (Å²) in [7, 11) is 0. The molecule has 1 aliphatic heterocycles. The van der Waals surface area contributed by atoms with Crippen LogP contribution in [0.4, 0.5) is 16.2 Å². The summed E-state index contributed by atoms with van der Waals surface area (Å²) in [5.41, 5.74) is 6.97. The van der Waals surface area contributed by atoms with Crippen molar-refractivity contribution in [3.05, 3.63) is 50.9 Å². The van der Waals surface area contributed by atoms with Crippen molar-refractivity contribution in [1.82, 2.24) is 14.9 Å². The average molecular weight is 480 g/mol. The predicted molar refractivity (Wildman–Crippen MR) is 125 cm³/mol. The molecule has 1 aliphatic rings. The van der Waals surface area contributed by atoms with E-state index in [1.165, 1.54) is 12.1 Å². The number of hydrogen-bond donors (Lipinski definition) is 1.